The molecule has 0 aliphatic rings. The van der Waals surface area contributed by atoms with Crippen molar-refractivity contribution in [3.05, 3.63) is 12.2 Å². The Morgan fingerprint density at radius 3 is 2.23 bits per heavy atom. The van der Waals surface area contributed by atoms with Crippen LogP contribution in [-0.2, 0) is 0 Å². The molecule has 4 heteroatoms. The van der Waals surface area contributed by atoms with Gasteiger partial charge in [0.2, 0.25) is 0 Å². The van der Waals surface area contributed by atoms with Crippen LogP contribution in [0.25, 0.3) is 0 Å². The lowest BCUT2D eigenvalue weighted by Gasteiger charge is -2.01. The number of nitrogens with one attached hydrogen (secondary N) is 2. The molecular formula is C9H16N4. The van der Waals surface area contributed by atoms with Crippen molar-refractivity contribution in [2.45, 2.75) is 20.8 Å². The van der Waals surface area contributed by atoms with Gasteiger partial charge in [0.05, 0.1) is 0 Å². The maximum absolute atomic E-state index is 7.35. The first-order valence-corrected chi connectivity index (χ1v) is 4.09. The van der Waals surface area contributed by atoms with Gasteiger partial charge < -0.3 is 11.1 Å². The van der Waals surface area contributed by atoms with Crippen LogP contribution in [0.3, 0.4) is 0 Å². The van der Waals surface area contributed by atoms with E-state index in [-0.39, 0.29) is 11.8 Å². The largest absolute Gasteiger partial charge is 0.387 e. The summed E-state index contributed by atoms with van der Waals surface area (Å²) in [6.45, 7) is 5.47. The first kappa shape index (κ1) is 11.6. The Bertz CT molecular complexity index is 261. The molecule has 72 valence electrons. The van der Waals surface area contributed by atoms with E-state index in [0.29, 0.717) is 11.5 Å². The summed E-state index contributed by atoms with van der Waals surface area (Å²) in [5.74, 6) is 0.671. The zero-order valence-electron chi connectivity index (χ0n) is 8.26. The lowest BCUT2D eigenvalue weighted by Crippen LogP contribution is -2.19. The van der Waals surface area contributed by atoms with Gasteiger partial charge in [-0.1, -0.05) is 13.8 Å². The highest BCUT2D eigenvalue weighted by Crippen LogP contribution is 1.92. The third-order valence-electron chi connectivity index (χ3n) is 1.33. The van der Waals surface area contributed by atoms with Crippen molar-refractivity contribution in [1.29, 1.82) is 10.8 Å². The minimum atomic E-state index is 0.0813. The molecule has 0 aromatic carbocycles. The fourth-order valence-electron chi connectivity index (χ4n) is 0.509. The fraction of sp³-hybridized carbons (Fsp3) is 0.444. The van der Waals surface area contributed by atoms with Crippen molar-refractivity contribution in [1.82, 2.24) is 0 Å². The van der Waals surface area contributed by atoms with Gasteiger partial charge in [0.15, 0.2) is 0 Å². The Morgan fingerprint density at radius 2 is 1.85 bits per heavy atom. The highest BCUT2D eigenvalue weighted by molar-refractivity contribution is 6.04. The molecule has 0 aromatic rings. The monoisotopic (exact) mass is 180 g/mol. The summed E-state index contributed by atoms with van der Waals surface area (Å²) in [6.07, 6.45) is 2.97. The van der Waals surface area contributed by atoms with Crippen LogP contribution >= 0.6 is 0 Å². The third kappa shape index (κ3) is 5.78. The second-order valence-corrected chi connectivity index (χ2v) is 3.09. The van der Waals surface area contributed by atoms with E-state index in [1.54, 1.807) is 6.92 Å². The molecule has 0 atom stereocenters. The van der Waals surface area contributed by atoms with Gasteiger partial charge >= 0.3 is 0 Å². The number of rotatable bonds is 3. The van der Waals surface area contributed by atoms with Gasteiger partial charge in [-0.2, -0.15) is 0 Å². The second kappa shape index (κ2) is 5.24. The minimum absolute atomic E-state index is 0.0813. The molecule has 0 bridgehead atoms. The quantitative estimate of drug-likeness (QED) is 0.447. The van der Waals surface area contributed by atoms with Crippen molar-refractivity contribution >= 4 is 17.4 Å². The van der Waals surface area contributed by atoms with E-state index in [2.05, 4.69) is 4.99 Å². The molecule has 4 nitrogen and oxygen atoms in total. The van der Waals surface area contributed by atoms with E-state index in [4.69, 9.17) is 16.6 Å². The Hall–Kier alpha value is -1.45. The van der Waals surface area contributed by atoms with Gasteiger partial charge in [-0.3, -0.25) is 5.41 Å². The fourth-order valence-corrected chi connectivity index (χ4v) is 0.509. The van der Waals surface area contributed by atoms with E-state index >= 15 is 0 Å². The van der Waals surface area contributed by atoms with Crippen LogP contribution in [0.1, 0.15) is 20.8 Å². The van der Waals surface area contributed by atoms with E-state index in [0.717, 1.165) is 0 Å². The van der Waals surface area contributed by atoms with Crippen molar-refractivity contribution < 1.29 is 0 Å². The topological polar surface area (TPSA) is 86.1 Å². The first-order chi connectivity index (χ1) is 5.93. The Kier molecular flexibility index (Phi) is 4.66. The normalized spacial score (nSPS) is 12.5. The predicted molar refractivity (Wildman–Crippen MR) is 56.7 cm³/mol. The molecule has 0 saturated carbocycles. The number of nitrogens with two attached hydrogens (primary N) is 1. The smallest absolute Gasteiger partial charge is 0.146 e. The van der Waals surface area contributed by atoms with Crippen molar-refractivity contribution in [2.24, 2.45) is 16.6 Å². The summed E-state index contributed by atoms with van der Waals surface area (Å²) < 4.78 is 0. The molecular weight excluding hydrogens is 164 g/mol. The van der Waals surface area contributed by atoms with E-state index in [9.17, 15) is 0 Å². The zero-order valence-corrected chi connectivity index (χ0v) is 8.26. The summed E-state index contributed by atoms with van der Waals surface area (Å²) in [5, 5.41) is 14.4. The summed E-state index contributed by atoms with van der Waals surface area (Å²) in [7, 11) is 0. The molecule has 0 aliphatic heterocycles. The highest BCUT2D eigenvalue weighted by Gasteiger charge is 1.98. The number of hydrogen-bond acceptors (Lipinski definition) is 2. The van der Waals surface area contributed by atoms with Crippen molar-refractivity contribution in [2.75, 3.05) is 0 Å². The molecule has 0 aliphatic carbocycles. The van der Waals surface area contributed by atoms with E-state index in [1.807, 2.05) is 13.8 Å². The molecule has 0 spiro atoms. The maximum Gasteiger partial charge on any atom is 0.146 e. The molecule has 13 heavy (non-hydrogen) atoms. The molecule has 0 unspecified atom stereocenters. The summed E-state index contributed by atoms with van der Waals surface area (Å²) in [5.41, 5.74) is 5.94. The van der Waals surface area contributed by atoms with Gasteiger partial charge in [-0.15, -0.1) is 0 Å². The van der Waals surface area contributed by atoms with Crippen molar-refractivity contribution in [3.8, 4) is 0 Å². The Balaban J connectivity index is 4.31. The van der Waals surface area contributed by atoms with Crippen LogP contribution in [0.2, 0.25) is 0 Å². The number of amidine groups is 2. The van der Waals surface area contributed by atoms with Crippen LogP contribution in [0.15, 0.2) is 17.1 Å². The van der Waals surface area contributed by atoms with Gasteiger partial charge in [0.1, 0.15) is 11.7 Å². The lowest BCUT2D eigenvalue weighted by atomic mass is 10.2. The molecule has 0 saturated heterocycles. The van der Waals surface area contributed by atoms with Gasteiger partial charge in [0, 0.05) is 11.6 Å². The van der Waals surface area contributed by atoms with Gasteiger partial charge in [-0.25, -0.2) is 4.99 Å². The number of aliphatic imine (C=N–C) groups is 1. The summed E-state index contributed by atoms with van der Waals surface area (Å²) >= 11 is 0. The average Bonchev–Trinajstić information content (AvgIpc) is 2.00. The minimum Gasteiger partial charge on any atom is -0.387 e. The summed E-state index contributed by atoms with van der Waals surface area (Å²) in [6, 6.07) is 0. The SMILES string of the molecule is CC(=N)/C=C\C(=N)N=C(N)C(C)C. The maximum atomic E-state index is 7.35. The second-order valence-electron chi connectivity index (χ2n) is 3.09. The highest BCUT2D eigenvalue weighted by atomic mass is 14.9. The predicted octanol–water partition coefficient (Wildman–Crippen LogP) is 1.57. The molecule has 4 N–H and O–H groups in total. The number of allylic oxidation sites excluding steroid dienone is 1. The standard InChI is InChI=1S/C9H16N4/c1-6(2)9(12)13-8(11)5-4-7(3)10/h4-6,10H,1-3H3,(H3,11,12,13)/b5-4-,10-7?. The first-order valence-electron chi connectivity index (χ1n) is 4.09. The van der Waals surface area contributed by atoms with Crippen LogP contribution in [-0.4, -0.2) is 17.4 Å². The van der Waals surface area contributed by atoms with Crippen LogP contribution in [0.4, 0.5) is 0 Å². The van der Waals surface area contributed by atoms with Crippen LogP contribution < -0.4 is 5.73 Å². The van der Waals surface area contributed by atoms with Crippen LogP contribution in [0.5, 0.6) is 0 Å². The van der Waals surface area contributed by atoms with Gasteiger partial charge in [-0.05, 0) is 19.1 Å². The lowest BCUT2D eigenvalue weighted by molar-refractivity contribution is 0.874. The van der Waals surface area contributed by atoms with Gasteiger partial charge in [0.25, 0.3) is 0 Å². The average molecular weight is 180 g/mol. The Morgan fingerprint density at radius 1 is 1.31 bits per heavy atom. The molecule has 0 amide bonds. The zero-order chi connectivity index (χ0) is 10.4. The molecule has 0 radical (unpaired) electrons. The molecule has 0 fully saturated rings. The molecule has 0 rings (SSSR count). The number of nitrogens with zero attached hydrogens (tertiary/aromatic N) is 1. The van der Waals surface area contributed by atoms with Crippen LogP contribution in [0, 0.1) is 16.7 Å². The van der Waals surface area contributed by atoms with E-state index < -0.39 is 0 Å². The number of hydrogen-bond donors (Lipinski definition) is 3. The third-order valence-corrected chi connectivity index (χ3v) is 1.33. The molecule has 0 heterocycles. The van der Waals surface area contributed by atoms with E-state index in [1.165, 1.54) is 12.2 Å². The Labute approximate surface area is 78.6 Å². The van der Waals surface area contributed by atoms with Crippen molar-refractivity contribution in [3.63, 3.8) is 0 Å². The molecule has 0 aromatic heterocycles. The summed E-state index contributed by atoms with van der Waals surface area (Å²) in [4.78, 5) is 3.84.